The van der Waals surface area contributed by atoms with Gasteiger partial charge in [0.1, 0.15) is 5.82 Å². The van der Waals surface area contributed by atoms with Gasteiger partial charge in [-0.15, -0.1) is 0 Å². The van der Waals surface area contributed by atoms with E-state index in [0.717, 1.165) is 17.7 Å². The van der Waals surface area contributed by atoms with E-state index in [-0.39, 0.29) is 5.82 Å². The van der Waals surface area contributed by atoms with Crippen molar-refractivity contribution in [1.29, 1.82) is 0 Å². The Morgan fingerprint density at radius 3 is 3.10 bits per heavy atom. The summed E-state index contributed by atoms with van der Waals surface area (Å²) in [5, 5.41) is 3.75. The first-order valence-corrected chi connectivity index (χ1v) is 7.17. The normalized spacial score (nSPS) is 19.8. The van der Waals surface area contributed by atoms with Crippen LogP contribution in [-0.2, 0) is 6.54 Å². The number of hydrogen-bond donors (Lipinski definition) is 2. The summed E-state index contributed by atoms with van der Waals surface area (Å²) in [7, 11) is 0. The van der Waals surface area contributed by atoms with Gasteiger partial charge in [0.2, 0.25) is 0 Å². The van der Waals surface area contributed by atoms with Crippen LogP contribution in [0.2, 0.25) is 0 Å². The molecule has 1 aliphatic rings. The van der Waals surface area contributed by atoms with Crippen molar-refractivity contribution in [2.75, 3.05) is 6.54 Å². The molecule has 1 aromatic carbocycles. The third-order valence-corrected chi connectivity index (χ3v) is 3.80. The highest BCUT2D eigenvalue weighted by Crippen LogP contribution is 2.20. The predicted molar refractivity (Wildman–Crippen MR) is 80.4 cm³/mol. The van der Waals surface area contributed by atoms with Gasteiger partial charge in [-0.1, -0.05) is 12.5 Å². The number of nitrogens with zero attached hydrogens (tertiary/aromatic N) is 2. The van der Waals surface area contributed by atoms with Crippen LogP contribution in [0.5, 0.6) is 0 Å². The van der Waals surface area contributed by atoms with Crippen LogP contribution in [0.1, 0.15) is 37.3 Å². The lowest BCUT2D eigenvalue weighted by molar-refractivity contribution is 0.152. The van der Waals surface area contributed by atoms with Gasteiger partial charge < -0.3 is 5.73 Å². The number of hydrazone groups is 1. The molecule has 1 unspecified atom stereocenters. The Morgan fingerprint density at radius 2 is 2.38 bits per heavy atom. The second-order valence-electron chi connectivity index (χ2n) is 5.39. The summed E-state index contributed by atoms with van der Waals surface area (Å²) in [5.74, 6) is -0.269. The molecule has 0 aliphatic carbocycles. The van der Waals surface area contributed by atoms with E-state index >= 15 is 0 Å². The molecule has 1 aromatic rings. The molecule has 5 nitrogen and oxygen atoms in total. The van der Waals surface area contributed by atoms with Gasteiger partial charge >= 0.3 is 6.03 Å². The summed E-state index contributed by atoms with van der Waals surface area (Å²) in [6.45, 7) is 3.89. The molecule has 1 saturated heterocycles. The first-order valence-electron chi connectivity index (χ1n) is 7.17. The highest BCUT2D eigenvalue weighted by atomic mass is 19.1. The Labute approximate surface area is 124 Å². The van der Waals surface area contributed by atoms with Crippen LogP contribution in [0.15, 0.2) is 23.3 Å². The summed E-state index contributed by atoms with van der Waals surface area (Å²) < 4.78 is 13.5. The molecule has 6 heteroatoms. The molecule has 1 aliphatic heterocycles. The monoisotopic (exact) mass is 292 g/mol. The Bertz CT molecular complexity index is 532. The SMILES string of the molecule is CC1CCCCN1Cc1cc(F)ccc1C=NNC(N)=O. The number of urea groups is 1. The number of piperidine rings is 1. The average Bonchev–Trinajstić information content (AvgIpc) is 2.43. The van der Waals surface area contributed by atoms with Gasteiger partial charge in [0.25, 0.3) is 0 Å². The maximum Gasteiger partial charge on any atom is 0.332 e. The van der Waals surface area contributed by atoms with Crippen LogP contribution in [0.3, 0.4) is 0 Å². The van der Waals surface area contributed by atoms with E-state index < -0.39 is 6.03 Å². The van der Waals surface area contributed by atoms with E-state index in [1.807, 2.05) is 0 Å². The van der Waals surface area contributed by atoms with Crippen molar-refractivity contribution < 1.29 is 9.18 Å². The van der Waals surface area contributed by atoms with Gasteiger partial charge in [-0.2, -0.15) is 5.10 Å². The molecule has 1 fully saturated rings. The average molecular weight is 292 g/mol. The van der Waals surface area contributed by atoms with E-state index in [9.17, 15) is 9.18 Å². The lowest BCUT2D eigenvalue weighted by atomic mass is 10.0. The highest BCUT2D eigenvalue weighted by Gasteiger charge is 2.19. The standard InChI is InChI=1S/C15H21FN4O/c1-11-4-2-3-7-20(11)10-13-8-14(16)6-5-12(13)9-18-19-15(17)21/h5-6,8-9,11H,2-4,7,10H2,1H3,(H3,17,19,21). The smallest absolute Gasteiger partial charge is 0.332 e. The Hall–Kier alpha value is -1.95. The van der Waals surface area contributed by atoms with Crippen molar-refractivity contribution in [2.24, 2.45) is 10.8 Å². The number of halogens is 1. The molecule has 1 heterocycles. The maximum atomic E-state index is 13.5. The minimum atomic E-state index is -0.723. The number of benzene rings is 1. The lowest BCUT2D eigenvalue weighted by Crippen LogP contribution is -2.37. The number of rotatable bonds is 4. The quantitative estimate of drug-likeness (QED) is 0.659. The molecule has 0 saturated carbocycles. The Balaban J connectivity index is 2.14. The third kappa shape index (κ3) is 4.53. The number of likely N-dealkylation sites (tertiary alicyclic amines) is 1. The zero-order valence-corrected chi connectivity index (χ0v) is 12.2. The fourth-order valence-corrected chi connectivity index (χ4v) is 2.61. The van der Waals surface area contributed by atoms with Crippen molar-refractivity contribution in [3.63, 3.8) is 0 Å². The second kappa shape index (κ2) is 7.17. The minimum Gasteiger partial charge on any atom is -0.350 e. The molecular weight excluding hydrogens is 271 g/mol. The van der Waals surface area contributed by atoms with Gasteiger partial charge in [-0.25, -0.2) is 14.6 Å². The summed E-state index contributed by atoms with van der Waals surface area (Å²) in [5.41, 5.74) is 8.74. The number of amides is 2. The van der Waals surface area contributed by atoms with Gasteiger partial charge in [-0.3, -0.25) is 4.90 Å². The van der Waals surface area contributed by atoms with Gasteiger partial charge in [0, 0.05) is 12.6 Å². The van der Waals surface area contributed by atoms with Crippen LogP contribution in [0.25, 0.3) is 0 Å². The van der Waals surface area contributed by atoms with Crippen LogP contribution < -0.4 is 11.2 Å². The molecule has 0 aromatic heterocycles. The number of carbonyl (C=O) groups excluding carboxylic acids is 1. The zero-order valence-electron chi connectivity index (χ0n) is 12.2. The number of nitrogens with two attached hydrogens (primary N) is 1. The Morgan fingerprint density at radius 1 is 1.57 bits per heavy atom. The molecule has 2 amide bonds. The van der Waals surface area contributed by atoms with Crippen LogP contribution >= 0.6 is 0 Å². The van der Waals surface area contributed by atoms with Gasteiger partial charge in [0.05, 0.1) is 6.21 Å². The maximum absolute atomic E-state index is 13.5. The molecule has 1 atom stereocenters. The molecule has 21 heavy (non-hydrogen) atoms. The van der Waals surface area contributed by atoms with Crippen molar-refractivity contribution in [3.8, 4) is 0 Å². The highest BCUT2D eigenvalue weighted by molar-refractivity contribution is 5.83. The third-order valence-electron chi connectivity index (χ3n) is 3.80. The predicted octanol–water partition coefficient (Wildman–Crippen LogP) is 2.20. The first kappa shape index (κ1) is 15.4. The molecule has 0 bridgehead atoms. The summed E-state index contributed by atoms with van der Waals surface area (Å²) in [6, 6.07) is 4.34. The van der Waals surface area contributed by atoms with Gasteiger partial charge in [-0.05, 0) is 49.6 Å². The number of primary amides is 1. The van der Waals surface area contributed by atoms with Crippen molar-refractivity contribution in [1.82, 2.24) is 10.3 Å². The van der Waals surface area contributed by atoms with Crippen molar-refractivity contribution in [3.05, 3.63) is 35.1 Å². The molecule has 3 N–H and O–H groups in total. The van der Waals surface area contributed by atoms with Crippen LogP contribution in [0, 0.1) is 5.82 Å². The molecule has 0 spiro atoms. The molecular formula is C15H21FN4O. The van der Waals surface area contributed by atoms with Gasteiger partial charge in [0.15, 0.2) is 0 Å². The molecule has 2 rings (SSSR count). The number of hydrogen-bond acceptors (Lipinski definition) is 3. The summed E-state index contributed by atoms with van der Waals surface area (Å²) >= 11 is 0. The fraction of sp³-hybridized carbons (Fsp3) is 0.467. The summed E-state index contributed by atoms with van der Waals surface area (Å²) in [4.78, 5) is 13.0. The van der Waals surface area contributed by atoms with E-state index in [1.54, 1.807) is 6.07 Å². The van der Waals surface area contributed by atoms with E-state index in [4.69, 9.17) is 5.73 Å². The van der Waals surface area contributed by atoms with E-state index in [0.29, 0.717) is 12.6 Å². The van der Waals surface area contributed by atoms with Crippen LogP contribution in [0.4, 0.5) is 9.18 Å². The fourth-order valence-electron chi connectivity index (χ4n) is 2.61. The van der Waals surface area contributed by atoms with E-state index in [2.05, 4.69) is 22.4 Å². The lowest BCUT2D eigenvalue weighted by Gasteiger charge is -2.33. The first-order chi connectivity index (χ1) is 10.1. The largest absolute Gasteiger partial charge is 0.350 e. The topological polar surface area (TPSA) is 70.7 Å². The second-order valence-corrected chi connectivity index (χ2v) is 5.39. The Kier molecular flexibility index (Phi) is 5.27. The van der Waals surface area contributed by atoms with Crippen LogP contribution in [-0.4, -0.2) is 29.7 Å². The zero-order chi connectivity index (χ0) is 15.2. The summed E-state index contributed by atoms with van der Waals surface area (Å²) in [6.07, 6.45) is 5.08. The number of nitrogens with one attached hydrogen (secondary N) is 1. The van der Waals surface area contributed by atoms with Crippen molar-refractivity contribution in [2.45, 2.75) is 38.8 Å². The molecule has 0 radical (unpaired) electrons. The van der Waals surface area contributed by atoms with Crippen molar-refractivity contribution >= 4 is 12.2 Å². The molecule has 114 valence electrons. The van der Waals surface area contributed by atoms with E-state index in [1.165, 1.54) is 37.6 Å². The minimum absolute atomic E-state index is 0.269. The number of carbonyl (C=O) groups is 1.